The van der Waals surface area contributed by atoms with Gasteiger partial charge in [-0.2, -0.15) is 0 Å². The molecule has 0 amide bonds. The van der Waals surface area contributed by atoms with E-state index >= 15 is 0 Å². The van der Waals surface area contributed by atoms with E-state index in [1.54, 1.807) is 6.07 Å². The topological polar surface area (TPSA) is 32.3 Å². The van der Waals surface area contributed by atoms with Crippen LogP contribution in [0, 0.1) is 6.92 Å². The molecule has 14 heavy (non-hydrogen) atoms. The Morgan fingerprint density at radius 3 is 2.93 bits per heavy atom. The number of nitrogens with one attached hydrogen (secondary N) is 1. The van der Waals surface area contributed by atoms with Gasteiger partial charge in [0.1, 0.15) is 5.75 Å². The fraction of sp³-hybridized carbons (Fsp3) is 0.273. The Bertz CT molecular complexity index is 336. The minimum Gasteiger partial charge on any atom is -0.508 e. The average Bonchev–Trinajstić information content (AvgIpc) is 2.10. The molecule has 0 saturated heterocycles. The van der Waals surface area contributed by atoms with Crippen molar-refractivity contribution in [2.45, 2.75) is 13.5 Å². The minimum absolute atomic E-state index is 0.336. The van der Waals surface area contributed by atoms with E-state index in [-0.39, 0.29) is 0 Å². The summed E-state index contributed by atoms with van der Waals surface area (Å²) in [6, 6.07) is 5.58. The van der Waals surface area contributed by atoms with E-state index in [1.807, 2.05) is 19.1 Å². The van der Waals surface area contributed by atoms with Gasteiger partial charge in [-0.1, -0.05) is 40.2 Å². The molecule has 1 rings (SSSR count). The fourth-order valence-corrected chi connectivity index (χ4v) is 1.39. The quantitative estimate of drug-likeness (QED) is 0.868. The third-order valence-corrected chi connectivity index (χ3v) is 2.15. The van der Waals surface area contributed by atoms with Crippen LogP contribution >= 0.6 is 15.9 Å². The summed E-state index contributed by atoms with van der Waals surface area (Å²) in [5.41, 5.74) is 2.07. The molecule has 1 aromatic carbocycles. The summed E-state index contributed by atoms with van der Waals surface area (Å²) < 4.78 is 0.907. The first-order valence-electron chi connectivity index (χ1n) is 4.42. The highest BCUT2D eigenvalue weighted by Gasteiger charge is 2.00. The number of benzene rings is 1. The van der Waals surface area contributed by atoms with Crippen molar-refractivity contribution in [1.82, 2.24) is 5.32 Å². The second-order valence-corrected chi connectivity index (χ2v) is 4.37. The number of aryl methyl sites for hydroxylation is 1. The highest BCUT2D eigenvalue weighted by molar-refractivity contribution is 9.11. The monoisotopic (exact) mass is 255 g/mol. The Morgan fingerprint density at radius 1 is 1.57 bits per heavy atom. The number of rotatable bonds is 4. The van der Waals surface area contributed by atoms with E-state index in [9.17, 15) is 5.11 Å². The van der Waals surface area contributed by atoms with Crippen molar-refractivity contribution in [3.63, 3.8) is 0 Å². The molecule has 0 saturated carbocycles. The molecule has 0 bridgehead atoms. The van der Waals surface area contributed by atoms with Crippen LogP contribution in [0.4, 0.5) is 0 Å². The van der Waals surface area contributed by atoms with Gasteiger partial charge >= 0.3 is 0 Å². The summed E-state index contributed by atoms with van der Waals surface area (Å²) >= 11 is 3.26. The Morgan fingerprint density at radius 2 is 2.29 bits per heavy atom. The number of aromatic hydroxyl groups is 1. The molecule has 0 aliphatic heterocycles. The Kier molecular flexibility index (Phi) is 4.17. The molecule has 0 atom stereocenters. The average molecular weight is 256 g/mol. The number of phenols is 1. The summed E-state index contributed by atoms with van der Waals surface area (Å²) in [6.07, 6.45) is 0. The molecule has 0 aromatic heterocycles. The van der Waals surface area contributed by atoms with Gasteiger partial charge in [-0.05, 0) is 13.0 Å². The van der Waals surface area contributed by atoms with E-state index in [0.29, 0.717) is 18.8 Å². The van der Waals surface area contributed by atoms with Gasteiger partial charge in [-0.3, -0.25) is 0 Å². The van der Waals surface area contributed by atoms with Crippen LogP contribution in [0.3, 0.4) is 0 Å². The largest absolute Gasteiger partial charge is 0.508 e. The first-order valence-corrected chi connectivity index (χ1v) is 5.21. The Balaban J connectivity index is 2.57. The maximum absolute atomic E-state index is 9.53. The molecule has 0 aliphatic rings. The molecule has 0 radical (unpaired) electrons. The maximum atomic E-state index is 9.53. The second-order valence-electron chi connectivity index (χ2n) is 3.25. The van der Waals surface area contributed by atoms with Gasteiger partial charge in [0.15, 0.2) is 0 Å². The molecule has 0 aliphatic carbocycles. The molecular formula is C11H14BrNO. The van der Waals surface area contributed by atoms with Gasteiger partial charge in [0.25, 0.3) is 0 Å². The first-order chi connectivity index (χ1) is 6.59. The molecule has 2 N–H and O–H groups in total. The Hall–Kier alpha value is -0.800. The predicted octanol–water partition coefficient (Wildman–Crippen LogP) is 2.70. The Labute approximate surface area is 92.8 Å². The van der Waals surface area contributed by atoms with Gasteiger partial charge in [-0.25, -0.2) is 0 Å². The normalized spacial score (nSPS) is 10.1. The lowest BCUT2D eigenvalue weighted by atomic mass is 10.1. The second kappa shape index (κ2) is 5.17. The van der Waals surface area contributed by atoms with E-state index in [4.69, 9.17) is 0 Å². The standard InChI is InChI=1S/C11H14BrNO/c1-8-3-4-11(14)10(5-8)7-13-6-9(2)12/h3-5,13-14H,2,6-7H2,1H3. The van der Waals surface area contributed by atoms with Crippen LogP contribution in [0.5, 0.6) is 5.75 Å². The van der Waals surface area contributed by atoms with Crippen molar-refractivity contribution in [3.8, 4) is 5.75 Å². The van der Waals surface area contributed by atoms with Crippen molar-refractivity contribution in [2.24, 2.45) is 0 Å². The van der Waals surface area contributed by atoms with Crippen LogP contribution < -0.4 is 5.32 Å². The predicted molar refractivity (Wildman–Crippen MR) is 62.6 cm³/mol. The van der Waals surface area contributed by atoms with E-state index in [2.05, 4.69) is 27.8 Å². The van der Waals surface area contributed by atoms with Gasteiger partial charge in [0, 0.05) is 23.1 Å². The van der Waals surface area contributed by atoms with E-state index in [0.717, 1.165) is 15.6 Å². The van der Waals surface area contributed by atoms with Gasteiger partial charge in [0.2, 0.25) is 0 Å². The number of halogens is 1. The van der Waals surface area contributed by atoms with Crippen LogP contribution in [-0.2, 0) is 6.54 Å². The third kappa shape index (κ3) is 3.52. The summed E-state index contributed by atoms with van der Waals surface area (Å²) in [4.78, 5) is 0. The van der Waals surface area contributed by atoms with Crippen LogP contribution in [0.1, 0.15) is 11.1 Å². The molecular weight excluding hydrogens is 242 g/mol. The lowest BCUT2D eigenvalue weighted by molar-refractivity contribution is 0.465. The molecule has 0 spiro atoms. The van der Waals surface area contributed by atoms with Crippen molar-refractivity contribution in [3.05, 3.63) is 40.4 Å². The van der Waals surface area contributed by atoms with E-state index < -0.39 is 0 Å². The van der Waals surface area contributed by atoms with Gasteiger partial charge in [0.05, 0.1) is 0 Å². The smallest absolute Gasteiger partial charge is 0.120 e. The zero-order valence-electron chi connectivity index (χ0n) is 8.18. The molecule has 3 heteroatoms. The molecule has 0 heterocycles. The van der Waals surface area contributed by atoms with Crippen molar-refractivity contribution < 1.29 is 5.11 Å². The number of hydrogen-bond donors (Lipinski definition) is 2. The fourth-order valence-electron chi connectivity index (χ4n) is 1.19. The van der Waals surface area contributed by atoms with Crippen LogP contribution in [0.15, 0.2) is 29.3 Å². The van der Waals surface area contributed by atoms with Crippen molar-refractivity contribution in [1.29, 1.82) is 0 Å². The summed E-state index contributed by atoms with van der Waals surface area (Å²) in [5, 5.41) is 12.7. The number of phenolic OH excluding ortho intramolecular Hbond substituents is 1. The van der Waals surface area contributed by atoms with Gasteiger partial charge in [-0.15, -0.1) is 0 Å². The van der Waals surface area contributed by atoms with Crippen LogP contribution in [-0.4, -0.2) is 11.7 Å². The minimum atomic E-state index is 0.336. The summed E-state index contributed by atoms with van der Waals surface area (Å²) in [6.45, 7) is 7.08. The lowest BCUT2D eigenvalue weighted by Crippen LogP contribution is -2.14. The van der Waals surface area contributed by atoms with E-state index in [1.165, 1.54) is 0 Å². The highest BCUT2D eigenvalue weighted by atomic mass is 79.9. The van der Waals surface area contributed by atoms with Crippen LogP contribution in [0.2, 0.25) is 0 Å². The van der Waals surface area contributed by atoms with Crippen molar-refractivity contribution in [2.75, 3.05) is 6.54 Å². The molecule has 76 valence electrons. The third-order valence-electron chi connectivity index (χ3n) is 1.87. The zero-order valence-corrected chi connectivity index (χ0v) is 9.76. The zero-order chi connectivity index (χ0) is 10.6. The lowest BCUT2D eigenvalue weighted by Gasteiger charge is -2.06. The SMILES string of the molecule is C=C(Br)CNCc1cc(C)ccc1O. The van der Waals surface area contributed by atoms with Gasteiger partial charge < -0.3 is 10.4 Å². The summed E-state index contributed by atoms with van der Waals surface area (Å²) in [7, 11) is 0. The highest BCUT2D eigenvalue weighted by Crippen LogP contribution is 2.17. The maximum Gasteiger partial charge on any atom is 0.120 e. The molecule has 0 unspecified atom stereocenters. The molecule has 1 aromatic rings. The van der Waals surface area contributed by atoms with Crippen molar-refractivity contribution >= 4 is 15.9 Å². The molecule has 0 fully saturated rings. The number of hydrogen-bond acceptors (Lipinski definition) is 2. The molecule has 2 nitrogen and oxygen atoms in total. The summed E-state index contributed by atoms with van der Waals surface area (Å²) in [5.74, 6) is 0.336. The van der Waals surface area contributed by atoms with Crippen LogP contribution in [0.25, 0.3) is 0 Å². The first kappa shape index (κ1) is 11.3.